The van der Waals surface area contributed by atoms with E-state index in [1.165, 1.54) is 0 Å². The molecule has 4 heteroatoms. The van der Waals surface area contributed by atoms with Crippen molar-refractivity contribution < 1.29 is 0 Å². The van der Waals surface area contributed by atoms with Crippen LogP contribution in [0.1, 0.15) is 18.5 Å². The van der Waals surface area contributed by atoms with Gasteiger partial charge in [0, 0.05) is 28.8 Å². The van der Waals surface area contributed by atoms with Crippen LogP contribution < -0.4 is 5.32 Å². The normalized spacial score (nSPS) is 12.5. The summed E-state index contributed by atoms with van der Waals surface area (Å²) in [7, 11) is 0. The minimum absolute atomic E-state index is 0.172. The molecule has 0 aromatic carbocycles. The molecule has 1 aromatic heterocycles. The van der Waals surface area contributed by atoms with Crippen molar-refractivity contribution in [2.75, 3.05) is 6.54 Å². The molecule has 0 aliphatic heterocycles. The lowest BCUT2D eigenvalue weighted by Gasteiger charge is -2.14. The molecule has 0 aliphatic carbocycles. The van der Waals surface area contributed by atoms with Crippen molar-refractivity contribution in [2.24, 2.45) is 0 Å². The van der Waals surface area contributed by atoms with Crippen molar-refractivity contribution in [3.05, 3.63) is 40.1 Å². The van der Waals surface area contributed by atoms with Crippen molar-refractivity contribution in [2.45, 2.75) is 13.0 Å². The molecule has 14 heavy (non-hydrogen) atoms. The topological polar surface area (TPSA) is 24.9 Å². The Balaban J connectivity index is 2.65. The Hall–Kier alpha value is -0.380. The molecular weight excluding hydrogens is 263 g/mol. The van der Waals surface area contributed by atoms with Gasteiger partial charge in [0.25, 0.3) is 0 Å². The number of halogens is 2. The molecule has 2 nitrogen and oxygen atoms in total. The van der Waals surface area contributed by atoms with Gasteiger partial charge in [-0.3, -0.25) is 0 Å². The zero-order chi connectivity index (χ0) is 10.6. The maximum atomic E-state index is 5.95. The first kappa shape index (κ1) is 11.7. The van der Waals surface area contributed by atoms with E-state index < -0.39 is 0 Å². The molecule has 1 N–H and O–H groups in total. The Kier molecular flexibility index (Phi) is 4.58. The first-order valence-electron chi connectivity index (χ1n) is 4.28. The molecule has 0 bridgehead atoms. The predicted octanol–water partition coefficient (Wildman–Crippen LogP) is 3.29. The Morgan fingerprint density at radius 3 is 3.07 bits per heavy atom. The monoisotopic (exact) mass is 274 g/mol. The molecule has 0 saturated heterocycles. The molecule has 0 radical (unpaired) electrons. The Bertz CT molecular complexity index is 328. The molecule has 1 rings (SSSR count). The SMILES string of the molecule is C=C(Br)CNC(C)c1cccnc1Cl. The molecule has 0 aliphatic rings. The summed E-state index contributed by atoms with van der Waals surface area (Å²) >= 11 is 9.24. The molecule has 0 saturated carbocycles. The minimum atomic E-state index is 0.172. The van der Waals surface area contributed by atoms with E-state index in [0.717, 1.165) is 10.0 Å². The third-order valence-electron chi connectivity index (χ3n) is 1.85. The first-order valence-corrected chi connectivity index (χ1v) is 5.45. The Morgan fingerprint density at radius 1 is 1.79 bits per heavy atom. The maximum absolute atomic E-state index is 5.95. The fourth-order valence-electron chi connectivity index (χ4n) is 1.10. The Labute approximate surface area is 97.5 Å². The van der Waals surface area contributed by atoms with Crippen LogP contribution in [0.2, 0.25) is 5.15 Å². The second kappa shape index (κ2) is 5.49. The predicted molar refractivity (Wildman–Crippen MR) is 63.7 cm³/mol. The summed E-state index contributed by atoms with van der Waals surface area (Å²) in [5, 5.41) is 3.82. The molecule has 0 amide bonds. The molecule has 1 aromatic rings. The lowest BCUT2D eigenvalue weighted by atomic mass is 10.1. The minimum Gasteiger partial charge on any atom is -0.306 e. The average molecular weight is 276 g/mol. The molecular formula is C10H12BrClN2. The van der Waals surface area contributed by atoms with E-state index in [9.17, 15) is 0 Å². The van der Waals surface area contributed by atoms with Gasteiger partial charge in [-0.05, 0) is 13.0 Å². The van der Waals surface area contributed by atoms with Crippen LogP contribution in [-0.4, -0.2) is 11.5 Å². The van der Waals surface area contributed by atoms with Crippen LogP contribution in [0.25, 0.3) is 0 Å². The van der Waals surface area contributed by atoms with Gasteiger partial charge in [0.1, 0.15) is 5.15 Å². The van der Waals surface area contributed by atoms with E-state index >= 15 is 0 Å². The van der Waals surface area contributed by atoms with Crippen molar-refractivity contribution in [1.29, 1.82) is 0 Å². The lowest BCUT2D eigenvalue weighted by Crippen LogP contribution is -2.20. The second-order valence-corrected chi connectivity index (χ2v) is 4.48. The number of hydrogen-bond acceptors (Lipinski definition) is 2. The molecule has 0 spiro atoms. The van der Waals surface area contributed by atoms with Gasteiger partial charge in [-0.1, -0.05) is 40.2 Å². The summed E-state index contributed by atoms with van der Waals surface area (Å²) < 4.78 is 0.921. The molecule has 1 unspecified atom stereocenters. The van der Waals surface area contributed by atoms with E-state index in [0.29, 0.717) is 11.7 Å². The number of nitrogens with zero attached hydrogens (tertiary/aromatic N) is 1. The second-order valence-electron chi connectivity index (χ2n) is 3.00. The summed E-state index contributed by atoms with van der Waals surface area (Å²) in [4.78, 5) is 4.02. The van der Waals surface area contributed by atoms with Crippen molar-refractivity contribution in [3.8, 4) is 0 Å². The van der Waals surface area contributed by atoms with Gasteiger partial charge >= 0.3 is 0 Å². The van der Waals surface area contributed by atoms with Crippen molar-refractivity contribution in [1.82, 2.24) is 10.3 Å². The summed E-state index contributed by atoms with van der Waals surface area (Å²) in [5.74, 6) is 0. The summed E-state index contributed by atoms with van der Waals surface area (Å²) in [6.07, 6.45) is 1.68. The highest BCUT2D eigenvalue weighted by atomic mass is 79.9. The summed E-state index contributed by atoms with van der Waals surface area (Å²) in [6.45, 7) is 6.50. The standard InChI is InChI=1S/C10H12BrClN2/c1-7(11)6-14-8(2)9-4-3-5-13-10(9)12/h3-5,8,14H,1,6H2,2H3. The van der Waals surface area contributed by atoms with Gasteiger partial charge in [0.2, 0.25) is 0 Å². The maximum Gasteiger partial charge on any atom is 0.133 e. The molecule has 76 valence electrons. The van der Waals surface area contributed by atoms with Crippen LogP contribution in [-0.2, 0) is 0 Å². The molecule has 1 atom stereocenters. The number of hydrogen-bond donors (Lipinski definition) is 1. The summed E-state index contributed by atoms with van der Waals surface area (Å²) in [5.41, 5.74) is 1.00. The third kappa shape index (κ3) is 3.40. The van der Waals surface area contributed by atoms with Gasteiger partial charge in [0.15, 0.2) is 0 Å². The number of nitrogens with one attached hydrogen (secondary N) is 1. The fraction of sp³-hybridized carbons (Fsp3) is 0.300. The van der Waals surface area contributed by atoms with Crippen molar-refractivity contribution in [3.63, 3.8) is 0 Å². The number of pyridine rings is 1. The van der Waals surface area contributed by atoms with Crippen LogP contribution in [0.4, 0.5) is 0 Å². The highest BCUT2D eigenvalue weighted by Gasteiger charge is 2.08. The van der Waals surface area contributed by atoms with Gasteiger partial charge in [-0.25, -0.2) is 4.98 Å². The zero-order valence-corrected chi connectivity index (χ0v) is 10.3. The highest BCUT2D eigenvalue weighted by Crippen LogP contribution is 2.19. The molecule has 0 fully saturated rings. The van der Waals surface area contributed by atoms with E-state index in [2.05, 4.69) is 32.8 Å². The molecule has 1 heterocycles. The van der Waals surface area contributed by atoms with Gasteiger partial charge in [0.05, 0.1) is 0 Å². The smallest absolute Gasteiger partial charge is 0.133 e. The van der Waals surface area contributed by atoms with Crippen LogP contribution in [0.5, 0.6) is 0 Å². The van der Waals surface area contributed by atoms with Crippen LogP contribution in [0.3, 0.4) is 0 Å². The van der Waals surface area contributed by atoms with Crippen LogP contribution in [0, 0.1) is 0 Å². The largest absolute Gasteiger partial charge is 0.306 e. The van der Waals surface area contributed by atoms with Crippen LogP contribution >= 0.6 is 27.5 Å². The average Bonchev–Trinajstić information content (AvgIpc) is 2.15. The van der Waals surface area contributed by atoms with Gasteiger partial charge in [-0.15, -0.1) is 0 Å². The number of aromatic nitrogens is 1. The van der Waals surface area contributed by atoms with Gasteiger partial charge in [-0.2, -0.15) is 0 Å². The van der Waals surface area contributed by atoms with Crippen LogP contribution in [0.15, 0.2) is 29.4 Å². The van der Waals surface area contributed by atoms with E-state index in [1.807, 2.05) is 19.1 Å². The zero-order valence-electron chi connectivity index (χ0n) is 7.93. The van der Waals surface area contributed by atoms with E-state index in [-0.39, 0.29) is 6.04 Å². The van der Waals surface area contributed by atoms with E-state index in [4.69, 9.17) is 11.6 Å². The first-order chi connectivity index (χ1) is 6.61. The fourth-order valence-corrected chi connectivity index (χ4v) is 1.54. The lowest BCUT2D eigenvalue weighted by molar-refractivity contribution is 0.614. The summed E-state index contributed by atoms with van der Waals surface area (Å²) in [6, 6.07) is 4.01. The quantitative estimate of drug-likeness (QED) is 0.853. The Morgan fingerprint density at radius 2 is 2.50 bits per heavy atom. The highest BCUT2D eigenvalue weighted by molar-refractivity contribution is 9.11. The van der Waals surface area contributed by atoms with Crippen molar-refractivity contribution >= 4 is 27.5 Å². The third-order valence-corrected chi connectivity index (χ3v) is 2.45. The number of rotatable bonds is 4. The van der Waals surface area contributed by atoms with Gasteiger partial charge < -0.3 is 5.32 Å². The van der Waals surface area contributed by atoms with E-state index in [1.54, 1.807) is 6.20 Å².